The molecule has 0 bridgehead atoms. The standard InChI is InChI=1S/C10H9Cl3N2O3/c1-2-18-8(16)6-3-4-14-7(5-6)15-9(17)10(11,12)13/h3-5H,2H2,1H3,(H,14,15,17). The van der Waals surface area contributed by atoms with Crippen LogP contribution < -0.4 is 5.32 Å². The molecule has 0 unspecified atom stereocenters. The SMILES string of the molecule is CCOC(=O)c1ccnc(NC(=O)C(Cl)(Cl)Cl)c1. The van der Waals surface area contributed by atoms with Gasteiger partial charge >= 0.3 is 5.97 Å². The molecular formula is C10H9Cl3N2O3. The Morgan fingerprint density at radius 1 is 1.44 bits per heavy atom. The van der Waals surface area contributed by atoms with Crippen LogP contribution in [-0.2, 0) is 9.53 Å². The zero-order valence-electron chi connectivity index (χ0n) is 9.25. The molecule has 0 aliphatic heterocycles. The number of hydrogen-bond acceptors (Lipinski definition) is 4. The van der Waals surface area contributed by atoms with Crippen LogP contribution in [0.4, 0.5) is 5.82 Å². The minimum Gasteiger partial charge on any atom is -0.462 e. The van der Waals surface area contributed by atoms with Gasteiger partial charge < -0.3 is 10.1 Å². The molecule has 0 atom stereocenters. The van der Waals surface area contributed by atoms with Crippen molar-refractivity contribution in [2.24, 2.45) is 0 Å². The number of nitrogens with zero attached hydrogens (tertiary/aromatic N) is 1. The molecule has 0 saturated carbocycles. The van der Waals surface area contributed by atoms with E-state index >= 15 is 0 Å². The lowest BCUT2D eigenvalue weighted by molar-refractivity contribution is -0.115. The zero-order valence-corrected chi connectivity index (χ0v) is 11.5. The number of halogens is 3. The van der Waals surface area contributed by atoms with Gasteiger partial charge in [-0.2, -0.15) is 0 Å². The fraction of sp³-hybridized carbons (Fsp3) is 0.300. The molecule has 1 aromatic rings. The average molecular weight is 312 g/mol. The Morgan fingerprint density at radius 2 is 2.11 bits per heavy atom. The largest absolute Gasteiger partial charge is 0.462 e. The van der Waals surface area contributed by atoms with E-state index in [2.05, 4.69) is 10.3 Å². The van der Waals surface area contributed by atoms with E-state index in [-0.39, 0.29) is 18.0 Å². The minimum absolute atomic E-state index is 0.0943. The number of ether oxygens (including phenoxy) is 1. The number of amides is 1. The van der Waals surface area contributed by atoms with Crippen molar-refractivity contribution >= 4 is 52.5 Å². The predicted molar refractivity (Wildman–Crippen MR) is 69.1 cm³/mol. The fourth-order valence-corrected chi connectivity index (χ4v) is 1.17. The third-order valence-electron chi connectivity index (χ3n) is 1.77. The first-order valence-electron chi connectivity index (χ1n) is 4.86. The molecule has 0 aliphatic rings. The maximum Gasteiger partial charge on any atom is 0.338 e. The van der Waals surface area contributed by atoms with Crippen LogP contribution in [0.2, 0.25) is 0 Å². The van der Waals surface area contributed by atoms with Gasteiger partial charge in [0, 0.05) is 6.20 Å². The summed E-state index contributed by atoms with van der Waals surface area (Å²) in [6, 6.07) is 2.77. The molecule has 1 heterocycles. The van der Waals surface area contributed by atoms with Crippen molar-refractivity contribution in [3.8, 4) is 0 Å². The van der Waals surface area contributed by atoms with Gasteiger partial charge in [-0.25, -0.2) is 9.78 Å². The van der Waals surface area contributed by atoms with Crippen molar-refractivity contribution in [2.75, 3.05) is 11.9 Å². The molecule has 0 spiro atoms. The number of alkyl halides is 3. The van der Waals surface area contributed by atoms with Gasteiger partial charge in [-0.05, 0) is 19.1 Å². The van der Waals surface area contributed by atoms with Crippen LogP contribution in [0.1, 0.15) is 17.3 Å². The molecular weight excluding hydrogens is 302 g/mol. The summed E-state index contributed by atoms with van der Waals surface area (Å²) in [5.74, 6) is -1.29. The monoisotopic (exact) mass is 310 g/mol. The number of aromatic nitrogens is 1. The van der Waals surface area contributed by atoms with Gasteiger partial charge in [0.2, 0.25) is 0 Å². The van der Waals surface area contributed by atoms with Gasteiger partial charge in [-0.1, -0.05) is 34.8 Å². The highest BCUT2D eigenvalue weighted by Crippen LogP contribution is 2.27. The van der Waals surface area contributed by atoms with Gasteiger partial charge in [0.05, 0.1) is 12.2 Å². The molecule has 1 aromatic heterocycles. The molecule has 8 heteroatoms. The average Bonchev–Trinajstić information content (AvgIpc) is 2.28. The third-order valence-corrected chi connectivity index (χ3v) is 2.29. The number of nitrogens with one attached hydrogen (secondary N) is 1. The number of rotatable bonds is 3. The molecule has 18 heavy (non-hydrogen) atoms. The van der Waals surface area contributed by atoms with Crippen LogP contribution in [-0.4, -0.2) is 27.3 Å². The first-order chi connectivity index (χ1) is 8.34. The second-order valence-electron chi connectivity index (χ2n) is 3.10. The Balaban J connectivity index is 2.83. The summed E-state index contributed by atoms with van der Waals surface area (Å²) in [4.78, 5) is 26.6. The van der Waals surface area contributed by atoms with E-state index in [1.54, 1.807) is 6.92 Å². The third kappa shape index (κ3) is 4.33. The Bertz CT molecular complexity index is 460. The van der Waals surface area contributed by atoms with Crippen LogP contribution >= 0.6 is 34.8 Å². The van der Waals surface area contributed by atoms with Crippen molar-refractivity contribution in [3.63, 3.8) is 0 Å². The molecule has 0 saturated heterocycles. The quantitative estimate of drug-likeness (QED) is 0.688. The number of anilines is 1. The Kier molecular flexibility index (Phi) is 5.19. The number of esters is 1. The fourth-order valence-electron chi connectivity index (χ4n) is 1.03. The lowest BCUT2D eigenvalue weighted by Gasteiger charge is -2.11. The minimum atomic E-state index is -2.10. The van der Waals surface area contributed by atoms with Crippen molar-refractivity contribution in [2.45, 2.75) is 10.7 Å². The summed E-state index contributed by atoms with van der Waals surface area (Å²) in [6.45, 7) is 1.93. The van der Waals surface area contributed by atoms with Crippen molar-refractivity contribution in [1.82, 2.24) is 4.98 Å². The first-order valence-corrected chi connectivity index (χ1v) is 5.99. The summed E-state index contributed by atoms with van der Waals surface area (Å²) in [5.41, 5.74) is 0.242. The smallest absolute Gasteiger partial charge is 0.338 e. The number of pyridine rings is 1. The Hall–Kier alpha value is -1.04. The van der Waals surface area contributed by atoms with Gasteiger partial charge in [0.15, 0.2) is 0 Å². The van der Waals surface area contributed by atoms with E-state index in [1.165, 1.54) is 18.3 Å². The molecule has 0 aliphatic carbocycles. The van der Waals surface area contributed by atoms with Crippen LogP contribution in [0, 0.1) is 0 Å². The topological polar surface area (TPSA) is 68.3 Å². The number of carbonyl (C=O) groups is 2. The van der Waals surface area contributed by atoms with Crippen LogP contribution in [0.5, 0.6) is 0 Å². The van der Waals surface area contributed by atoms with E-state index in [9.17, 15) is 9.59 Å². The van der Waals surface area contributed by atoms with Crippen LogP contribution in [0.3, 0.4) is 0 Å². The summed E-state index contributed by atoms with van der Waals surface area (Å²) >= 11 is 16.2. The summed E-state index contributed by atoms with van der Waals surface area (Å²) in [6.07, 6.45) is 1.33. The molecule has 5 nitrogen and oxygen atoms in total. The molecule has 0 fully saturated rings. The van der Waals surface area contributed by atoms with E-state index in [1.807, 2.05) is 0 Å². The maximum atomic E-state index is 11.4. The maximum absolute atomic E-state index is 11.4. The van der Waals surface area contributed by atoms with Crippen molar-refractivity contribution in [1.29, 1.82) is 0 Å². The second-order valence-corrected chi connectivity index (χ2v) is 5.38. The lowest BCUT2D eigenvalue weighted by atomic mass is 10.2. The molecule has 98 valence electrons. The normalized spacial score (nSPS) is 10.9. The number of carbonyl (C=O) groups excluding carboxylic acids is 2. The predicted octanol–water partition coefficient (Wildman–Crippen LogP) is 2.57. The summed E-state index contributed by atoms with van der Waals surface area (Å²) < 4.78 is 2.70. The highest BCUT2D eigenvalue weighted by molar-refractivity contribution is 6.76. The van der Waals surface area contributed by atoms with Gasteiger partial charge in [-0.15, -0.1) is 0 Å². The Labute approximate surface area is 118 Å². The van der Waals surface area contributed by atoms with Crippen molar-refractivity contribution < 1.29 is 14.3 Å². The van der Waals surface area contributed by atoms with E-state index in [0.717, 1.165) is 0 Å². The van der Waals surface area contributed by atoms with E-state index in [0.29, 0.717) is 0 Å². The highest BCUT2D eigenvalue weighted by Gasteiger charge is 2.31. The van der Waals surface area contributed by atoms with Crippen molar-refractivity contribution in [3.05, 3.63) is 23.9 Å². The molecule has 1 amide bonds. The van der Waals surface area contributed by atoms with Gasteiger partial charge in [0.25, 0.3) is 9.70 Å². The van der Waals surface area contributed by atoms with E-state index in [4.69, 9.17) is 39.5 Å². The second kappa shape index (κ2) is 6.22. The highest BCUT2D eigenvalue weighted by atomic mass is 35.6. The molecule has 0 radical (unpaired) electrons. The first kappa shape index (κ1) is 15.0. The number of hydrogen-bond donors (Lipinski definition) is 1. The van der Waals surface area contributed by atoms with Gasteiger partial charge in [0.1, 0.15) is 5.82 Å². The molecule has 1 N–H and O–H groups in total. The van der Waals surface area contributed by atoms with Crippen LogP contribution in [0.25, 0.3) is 0 Å². The zero-order chi connectivity index (χ0) is 13.8. The molecule has 1 rings (SSSR count). The molecule has 0 aromatic carbocycles. The Morgan fingerprint density at radius 3 is 2.67 bits per heavy atom. The summed E-state index contributed by atoms with van der Waals surface area (Å²) in [5, 5.41) is 2.27. The van der Waals surface area contributed by atoms with E-state index < -0.39 is 15.7 Å². The van der Waals surface area contributed by atoms with Gasteiger partial charge in [-0.3, -0.25) is 4.79 Å². The van der Waals surface area contributed by atoms with Crippen LogP contribution in [0.15, 0.2) is 18.3 Å². The lowest BCUT2D eigenvalue weighted by Crippen LogP contribution is -2.27. The summed E-state index contributed by atoms with van der Waals surface area (Å²) in [7, 11) is 0.